The second kappa shape index (κ2) is 4.59. The van der Waals surface area contributed by atoms with Gasteiger partial charge in [-0.1, -0.05) is 13.8 Å². The normalized spacial score (nSPS) is 26.2. The van der Waals surface area contributed by atoms with Gasteiger partial charge >= 0.3 is 5.97 Å². The summed E-state index contributed by atoms with van der Waals surface area (Å²) in [6.07, 6.45) is 4.79. The van der Waals surface area contributed by atoms with Gasteiger partial charge in [0.2, 0.25) is 0 Å². The average molecular weight is 250 g/mol. The van der Waals surface area contributed by atoms with Gasteiger partial charge in [0, 0.05) is 31.8 Å². The zero-order chi connectivity index (χ0) is 13.3. The summed E-state index contributed by atoms with van der Waals surface area (Å²) >= 11 is 0. The molecule has 0 aromatic rings. The van der Waals surface area contributed by atoms with E-state index in [4.69, 9.17) is 9.47 Å². The lowest BCUT2D eigenvalue weighted by Gasteiger charge is -2.28. The van der Waals surface area contributed by atoms with Crippen LogP contribution in [0.2, 0.25) is 0 Å². The summed E-state index contributed by atoms with van der Waals surface area (Å²) in [6, 6.07) is 0. The minimum absolute atomic E-state index is 0.0234. The highest BCUT2D eigenvalue weighted by atomic mass is 16.5. The number of Topliss-reactive ketones (excluding diaryl/α,β-unsaturated/α-hetero) is 1. The van der Waals surface area contributed by atoms with E-state index in [1.165, 1.54) is 13.2 Å². The molecule has 0 saturated carbocycles. The second-order valence-electron chi connectivity index (χ2n) is 5.64. The molecule has 18 heavy (non-hydrogen) atoms. The Balaban J connectivity index is 2.01. The van der Waals surface area contributed by atoms with E-state index in [2.05, 4.69) is 13.8 Å². The molecule has 0 aromatic carbocycles. The molecule has 98 valence electrons. The second-order valence-corrected chi connectivity index (χ2v) is 5.64. The largest absolute Gasteiger partial charge is 0.490 e. The first-order valence-corrected chi connectivity index (χ1v) is 6.13. The van der Waals surface area contributed by atoms with Gasteiger partial charge in [-0.25, -0.2) is 0 Å². The number of allylic oxidation sites excluding steroid dienone is 1. The molecular weight excluding hydrogens is 232 g/mol. The highest BCUT2D eigenvalue weighted by Crippen LogP contribution is 2.42. The van der Waals surface area contributed by atoms with Gasteiger partial charge in [-0.3, -0.25) is 9.59 Å². The number of rotatable bonds is 2. The van der Waals surface area contributed by atoms with Crippen molar-refractivity contribution in [2.75, 3.05) is 0 Å². The highest BCUT2D eigenvalue weighted by molar-refractivity contribution is 5.97. The van der Waals surface area contributed by atoms with Crippen molar-refractivity contribution >= 4 is 11.8 Å². The average Bonchev–Trinajstić information content (AvgIpc) is 2.58. The summed E-state index contributed by atoms with van der Waals surface area (Å²) in [5, 5.41) is 0. The van der Waals surface area contributed by atoms with E-state index in [9.17, 15) is 9.59 Å². The lowest BCUT2D eigenvalue weighted by Crippen LogP contribution is -2.24. The third-order valence-corrected chi connectivity index (χ3v) is 3.18. The van der Waals surface area contributed by atoms with Crippen LogP contribution in [0.5, 0.6) is 0 Å². The molecule has 1 aliphatic carbocycles. The number of carbonyl (C=O) groups is 2. The smallest absolute Gasteiger partial charge is 0.307 e. The summed E-state index contributed by atoms with van der Waals surface area (Å²) in [6.45, 7) is 5.48. The van der Waals surface area contributed by atoms with E-state index in [0.717, 1.165) is 17.8 Å². The van der Waals surface area contributed by atoms with Crippen LogP contribution in [-0.2, 0) is 19.1 Å². The van der Waals surface area contributed by atoms with Crippen molar-refractivity contribution in [2.24, 2.45) is 5.41 Å². The van der Waals surface area contributed by atoms with Crippen LogP contribution in [-0.4, -0.2) is 17.9 Å². The number of carbonyl (C=O) groups excluding carboxylic acids is 2. The minimum atomic E-state index is -0.362. The van der Waals surface area contributed by atoms with Gasteiger partial charge in [-0.2, -0.15) is 0 Å². The van der Waals surface area contributed by atoms with Gasteiger partial charge in [0.05, 0.1) is 6.26 Å². The molecule has 2 rings (SSSR count). The Bertz CT molecular complexity index is 443. The van der Waals surface area contributed by atoms with Crippen molar-refractivity contribution in [3.8, 4) is 0 Å². The third-order valence-electron chi connectivity index (χ3n) is 3.18. The predicted octanol–water partition coefficient (Wildman–Crippen LogP) is 2.50. The zero-order valence-electron chi connectivity index (χ0n) is 11.0. The highest BCUT2D eigenvalue weighted by Gasteiger charge is 2.38. The number of hydrogen-bond acceptors (Lipinski definition) is 4. The van der Waals surface area contributed by atoms with E-state index in [1.807, 2.05) is 0 Å². The zero-order valence-corrected chi connectivity index (χ0v) is 11.0. The lowest BCUT2D eigenvalue weighted by atomic mass is 9.76. The fraction of sp³-hybridized carbons (Fsp3) is 0.571. The Morgan fingerprint density at radius 1 is 1.44 bits per heavy atom. The van der Waals surface area contributed by atoms with Crippen molar-refractivity contribution < 1.29 is 19.1 Å². The SMILES string of the molecule is CC(=O)O/C=C/C1CC2=C(CC(C)(C)CC2=O)O1. The number of esters is 1. The molecule has 1 atom stereocenters. The minimum Gasteiger partial charge on any atom is -0.490 e. The molecule has 4 nitrogen and oxygen atoms in total. The maximum absolute atomic E-state index is 12.0. The molecule has 0 fully saturated rings. The fourth-order valence-corrected chi connectivity index (χ4v) is 2.40. The van der Waals surface area contributed by atoms with Crippen LogP contribution in [0.3, 0.4) is 0 Å². The van der Waals surface area contributed by atoms with Crippen LogP contribution in [0.1, 0.15) is 40.0 Å². The summed E-state index contributed by atoms with van der Waals surface area (Å²) in [7, 11) is 0. The molecule has 0 saturated heterocycles. The van der Waals surface area contributed by atoms with Gasteiger partial charge in [0.15, 0.2) is 5.78 Å². The fourth-order valence-electron chi connectivity index (χ4n) is 2.40. The molecule has 0 radical (unpaired) electrons. The van der Waals surface area contributed by atoms with Gasteiger partial charge in [0.25, 0.3) is 0 Å². The van der Waals surface area contributed by atoms with Gasteiger partial charge in [-0.05, 0) is 11.5 Å². The molecule has 1 aliphatic heterocycles. The van der Waals surface area contributed by atoms with Crippen LogP contribution in [0, 0.1) is 5.41 Å². The molecule has 2 aliphatic rings. The van der Waals surface area contributed by atoms with E-state index in [0.29, 0.717) is 12.8 Å². The van der Waals surface area contributed by atoms with E-state index in [-0.39, 0.29) is 23.3 Å². The summed E-state index contributed by atoms with van der Waals surface area (Å²) < 4.78 is 10.5. The summed E-state index contributed by atoms with van der Waals surface area (Å²) in [5.74, 6) is 0.637. The van der Waals surface area contributed by atoms with Crippen molar-refractivity contribution in [2.45, 2.75) is 46.1 Å². The maximum Gasteiger partial charge on any atom is 0.307 e. The maximum atomic E-state index is 12.0. The third kappa shape index (κ3) is 2.81. The Hall–Kier alpha value is -1.58. The predicted molar refractivity (Wildman–Crippen MR) is 65.4 cm³/mol. The van der Waals surface area contributed by atoms with E-state index in [1.54, 1.807) is 6.08 Å². The van der Waals surface area contributed by atoms with Crippen molar-refractivity contribution in [3.05, 3.63) is 23.7 Å². The molecule has 0 aromatic heterocycles. The van der Waals surface area contributed by atoms with Crippen molar-refractivity contribution in [1.29, 1.82) is 0 Å². The van der Waals surface area contributed by atoms with Gasteiger partial charge in [0.1, 0.15) is 11.9 Å². The first-order chi connectivity index (χ1) is 8.37. The van der Waals surface area contributed by atoms with Crippen molar-refractivity contribution in [3.63, 3.8) is 0 Å². The Morgan fingerprint density at radius 3 is 2.83 bits per heavy atom. The molecule has 0 spiro atoms. The monoisotopic (exact) mass is 250 g/mol. The van der Waals surface area contributed by atoms with Crippen LogP contribution >= 0.6 is 0 Å². The van der Waals surface area contributed by atoms with Crippen molar-refractivity contribution in [1.82, 2.24) is 0 Å². The lowest BCUT2D eigenvalue weighted by molar-refractivity contribution is -0.135. The molecule has 0 N–H and O–H groups in total. The van der Waals surface area contributed by atoms with E-state index >= 15 is 0 Å². The molecule has 0 bridgehead atoms. The number of ketones is 1. The quantitative estimate of drug-likeness (QED) is 0.558. The van der Waals surface area contributed by atoms with Gasteiger partial charge < -0.3 is 9.47 Å². The first-order valence-electron chi connectivity index (χ1n) is 6.13. The van der Waals surface area contributed by atoms with Crippen LogP contribution < -0.4 is 0 Å². The topological polar surface area (TPSA) is 52.6 Å². The summed E-state index contributed by atoms with van der Waals surface area (Å²) in [4.78, 5) is 22.6. The number of hydrogen-bond donors (Lipinski definition) is 0. The molecular formula is C14H18O4. The standard InChI is InChI=1S/C14H18O4/c1-9(15)17-5-4-10-6-11-12(16)7-14(2,3)8-13(11)18-10/h4-5,10H,6-8H2,1-3H3/b5-4+. The number of ether oxygens (including phenoxy) is 2. The Morgan fingerprint density at radius 2 is 2.17 bits per heavy atom. The van der Waals surface area contributed by atoms with Gasteiger partial charge in [-0.15, -0.1) is 0 Å². The van der Waals surface area contributed by atoms with Crippen LogP contribution in [0.4, 0.5) is 0 Å². The Kier molecular flexibility index (Phi) is 3.28. The molecule has 1 unspecified atom stereocenters. The Labute approximate surface area is 107 Å². The molecule has 4 heteroatoms. The molecule has 1 heterocycles. The summed E-state index contributed by atoms with van der Waals surface area (Å²) in [5.41, 5.74) is 0.788. The van der Waals surface area contributed by atoms with E-state index < -0.39 is 0 Å². The molecule has 0 amide bonds. The van der Waals surface area contributed by atoms with Crippen LogP contribution in [0.15, 0.2) is 23.7 Å². The first kappa shape index (κ1) is 12.9. The van der Waals surface area contributed by atoms with Crippen LogP contribution in [0.25, 0.3) is 0 Å².